The second-order valence-corrected chi connectivity index (χ2v) is 4.18. The summed E-state index contributed by atoms with van der Waals surface area (Å²) in [6, 6.07) is 4.00. The van der Waals surface area contributed by atoms with Crippen LogP contribution in [0.15, 0.2) is 18.3 Å². The zero-order valence-corrected chi connectivity index (χ0v) is 10.1. The average Bonchev–Trinajstić information content (AvgIpc) is 2.78. The van der Waals surface area contributed by atoms with E-state index >= 15 is 0 Å². The summed E-state index contributed by atoms with van der Waals surface area (Å²) in [6.45, 7) is 3.24. The second-order valence-electron chi connectivity index (χ2n) is 4.18. The number of amides is 1. The van der Waals surface area contributed by atoms with E-state index < -0.39 is 0 Å². The Morgan fingerprint density at radius 2 is 2.38 bits per heavy atom. The summed E-state index contributed by atoms with van der Waals surface area (Å²) in [4.78, 5) is 16.8. The van der Waals surface area contributed by atoms with Gasteiger partial charge in [0.05, 0.1) is 0 Å². The first-order chi connectivity index (χ1) is 7.65. The van der Waals surface area contributed by atoms with Gasteiger partial charge in [0.15, 0.2) is 0 Å². The van der Waals surface area contributed by atoms with Gasteiger partial charge in [-0.15, -0.1) is 0 Å². The van der Waals surface area contributed by atoms with E-state index in [2.05, 4.69) is 4.98 Å². The van der Waals surface area contributed by atoms with Gasteiger partial charge in [-0.05, 0) is 25.1 Å². The third kappa shape index (κ3) is 3.70. The summed E-state index contributed by atoms with van der Waals surface area (Å²) < 4.78 is 0. The highest BCUT2D eigenvalue weighted by atomic mass is 16.2. The van der Waals surface area contributed by atoms with Crippen LogP contribution in [0.3, 0.4) is 0 Å². The number of nitrogens with two attached hydrogens (primary N) is 1. The van der Waals surface area contributed by atoms with Crippen LogP contribution in [0.25, 0.3) is 0 Å². The Morgan fingerprint density at radius 1 is 1.62 bits per heavy atom. The monoisotopic (exact) mass is 223 g/mol. The van der Waals surface area contributed by atoms with E-state index in [0.29, 0.717) is 6.54 Å². The molecule has 0 spiro atoms. The number of aromatic amines is 1. The summed E-state index contributed by atoms with van der Waals surface area (Å²) in [6.07, 6.45) is 3.52. The topological polar surface area (TPSA) is 62.1 Å². The van der Waals surface area contributed by atoms with Crippen molar-refractivity contribution in [3.63, 3.8) is 0 Å². The number of nitrogens with one attached hydrogen (secondary N) is 1. The SMILES string of the molecule is CC(CCN)C(=O)N(C)CCc1ccc[nH]1. The normalized spacial score (nSPS) is 12.4. The zero-order chi connectivity index (χ0) is 12.0. The molecule has 0 aliphatic rings. The van der Waals surface area contributed by atoms with E-state index in [0.717, 1.165) is 25.1 Å². The fourth-order valence-corrected chi connectivity index (χ4v) is 1.67. The Hall–Kier alpha value is -1.29. The Bertz CT molecular complexity index is 308. The maximum absolute atomic E-state index is 11.9. The molecule has 0 aliphatic carbocycles. The third-order valence-corrected chi connectivity index (χ3v) is 2.78. The summed E-state index contributed by atoms with van der Waals surface area (Å²) >= 11 is 0. The number of carbonyl (C=O) groups is 1. The largest absolute Gasteiger partial charge is 0.365 e. The number of likely N-dealkylation sites (N-methyl/N-ethyl adjacent to an activating group) is 1. The van der Waals surface area contributed by atoms with Crippen molar-refractivity contribution in [2.45, 2.75) is 19.8 Å². The second kappa shape index (κ2) is 6.33. The average molecular weight is 223 g/mol. The van der Waals surface area contributed by atoms with Crippen molar-refractivity contribution in [1.29, 1.82) is 0 Å². The molecule has 1 rings (SSSR count). The van der Waals surface area contributed by atoms with Crippen molar-refractivity contribution in [1.82, 2.24) is 9.88 Å². The number of nitrogens with zero attached hydrogens (tertiary/aromatic N) is 1. The predicted molar refractivity (Wildman–Crippen MR) is 65.0 cm³/mol. The molecule has 1 atom stereocenters. The van der Waals surface area contributed by atoms with E-state index in [4.69, 9.17) is 5.73 Å². The molecule has 1 aromatic rings. The van der Waals surface area contributed by atoms with Gasteiger partial charge in [0.25, 0.3) is 0 Å². The van der Waals surface area contributed by atoms with Crippen LogP contribution in [-0.2, 0) is 11.2 Å². The first-order valence-electron chi connectivity index (χ1n) is 5.72. The van der Waals surface area contributed by atoms with Crippen LogP contribution >= 0.6 is 0 Å². The Balaban J connectivity index is 2.34. The lowest BCUT2D eigenvalue weighted by Gasteiger charge is -2.20. The molecule has 1 heterocycles. The number of aromatic nitrogens is 1. The van der Waals surface area contributed by atoms with Gasteiger partial charge in [-0.25, -0.2) is 0 Å². The molecule has 16 heavy (non-hydrogen) atoms. The van der Waals surface area contributed by atoms with Crippen molar-refractivity contribution in [3.8, 4) is 0 Å². The summed E-state index contributed by atoms with van der Waals surface area (Å²) in [5.41, 5.74) is 6.60. The van der Waals surface area contributed by atoms with E-state index in [1.165, 1.54) is 0 Å². The molecule has 3 N–H and O–H groups in total. The predicted octanol–water partition coefficient (Wildman–Crippen LogP) is 1.00. The zero-order valence-electron chi connectivity index (χ0n) is 10.1. The van der Waals surface area contributed by atoms with Gasteiger partial charge in [-0.1, -0.05) is 6.92 Å². The van der Waals surface area contributed by atoms with Crippen LogP contribution in [0.1, 0.15) is 19.0 Å². The van der Waals surface area contributed by atoms with E-state index in [9.17, 15) is 4.79 Å². The van der Waals surface area contributed by atoms with Gasteiger partial charge in [0.2, 0.25) is 5.91 Å². The number of H-pyrrole nitrogens is 1. The minimum atomic E-state index is 0.0265. The van der Waals surface area contributed by atoms with Gasteiger partial charge in [0, 0.05) is 37.8 Å². The molecular weight excluding hydrogens is 202 g/mol. The summed E-state index contributed by atoms with van der Waals surface area (Å²) in [7, 11) is 1.85. The van der Waals surface area contributed by atoms with Crippen molar-refractivity contribution in [2.24, 2.45) is 11.7 Å². The smallest absolute Gasteiger partial charge is 0.225 e. The Morgan fingerprint density at radius 3 is 2.94 bits per heavy atom. The molecule has 1 unspecified atom stereocenters. The van der Waals surface area contributed by atoms with Crippen LogP contribution in [0, 0.1) is 5.92 Å². The summed E-state index contributed by atoms with van der Waals surface area (Å²) in [5.74, 6) is 0.204. The molecule has 0 saturated heterocycles. The quantitative estimate of drug-likeness (QED) is 0.755. The maximum atomic E-state index is 11.9. The van der Waals surface area contributed by atoms with E-state index in [1.807, 2.05) is 32.3 Å². The number of hydrogen-bond donors (Lipinski definition) is 2. The molecule has 0 fully saturated rings. The summed E-state index contributed by atoms with van der Waals surface area (Å²) in [5, 5.41) is 0. The fraction of sp³-hybridized carbons (Fsp3) is 0.583. The van der Waals surface area contributed by atoms with Crippen LogP contribution in [0.4, 0.5) is 0 Å². The molecule has 4 nitrogen and oxygen atoms in total. The highest BCUT2D eigenvalue weighted by Gasteiger charge is 2.16. The molecule has 0 aromatic carbocycles. The number of rotatable bonds is 6. The van der Waals surface area contributed by atoms with Crippen molar-refractivity contribution in [2.75, 3.05) is 20.1 Å². The first-order valence-corrected chi connectivity index (χ1v) is 5.72. The number of hydrogen-bond acceptors (Lipinski definition) is 2. The standard InChI is InChI=1S/C12H21N3O/c1-10(5-7-13)12(16)15(2)9-6-11-4-3-8-14-11/h3-4,8,10,14H,5-7,9,13H2,1-2H3. The van der Waals surface area contributed by atoms with Gasteiger partial charge >= 0.3 is 0 Å². The maximum Gasteiger partial charge on any atom is 0.225 e. The van der Waals surface area contributed by atoms with Crippen LogP contribution < -0.4 is 5.73 Å². The minimum absolute atomic E-state index is 0.0265. The van der Waals surface area contributed by atoms with Crippen LogP contribution in [-0.4, -0.2) is 35.9 Å². The van der Waals surface area contributed by atoms with Gasteiger partial charge in [-0.3, -0.25) is 4.79 Å². The lowest BCUT2D eigenvalue weighted by atomic mass is 10.1. The molecule has 1 aromatic heterocycles. The molecule has 90 valence electrons. The molecule has 0 radical (unpaired) electrons. The van der Waals surface area contributed by atoms with Gasteiger partial charge in [0.1, 0.15) is 0 Å². The highest BCUT2D eigenvalue weighted by Crippen LogP contribution is 2.06. The molecular formula is C12H21N3O. The first kappa shape index (κ1) is 12.8. The van der Waals surface area contributed by atoms with Crippen LogP contribution in [0.2, 0.25) is 0 Å². The molecule has 1 amide bonds. The van der Waals surface area contributed by atoms with E-state index in [1.54, 1.807) is 4.90 Å². The lowest BCUT2D eigenvalue weighted by Crippen LogP contribution is -2.34. The van der Waals surface area contributed by atoms with Gasteiger partial charge in [-0.2, -0.15) is 0 Å². The fourth-order valence-electron chi connectivity index (χ4n) is 1.67. The number of carbonyl (C=O) groups excluding carboxylic acids is 1. The van der Waals surface area contributed by atoms with Crippen molar-refractivity contribution in [3.05, 3.63) is 24.0 Å². The highest BCUT2D eigenvalue weighted by molar-refractivity contribution is 5.78. The molecule has 0 bridgehead atoms. The minimum Gasteiger partial charge on any atom is -0.365 e. The third-order valence-electron chi connectivity index (χ3n) is 2.78. The molecule has 0 aliphatic heterocycles. The molecule has 0 saturated carbocycles. The van der Waals surface area contributed by atoms with Crippen LogP contribution in [0.5, 0.6) is 0 Å². The molecule has 4 heteroatoms. The van der Waals surface area contributed by atoms with Crippen molar-refractivity contribution >= 4 is 5.91 Å². The Kier molecular flexibility index (Phi) is 5.05. The lowest BCUT2D eigenvalue weighted by molar-refractivity contribution is -0.133. The van der Waals surface area contributed by atoms with E-state index in [-0.39, 0.29) is 11.8 Å². The van der Waals surface area contributed by atoms with Crippen molar-refractivity contribution < 1.29 is 4.79 Å². The van der Waals surface area contributed by atoms with Gasteiger partial charge < -0.3 is 15.6 Å². The Labute approximate surface area is 96.8 Å².